The predicted octanol–water partition coefficient (Wildman–Crippen LogP) is 4.03. The molecule has 1 saturated heterocycles. The molecule has 2 aromatic rings. The molecule has 1 amide bonds. The molecule has 1 fully saturated rings. The van der Waals surface area contributed by atoms with Crippen LogP contribution in [0.3, 0.4) is 0 Å². The van der Waals surface area contributed by atoms with Crippen molar-refractivity contribution in [3.8, 4) is 11.5 Å². The maximum absolute atomic E-state index is 11.8. The van der Waals surface area contributed by atoms with Crippen molar-refractivity contribution in [1.82, 2.24) is 20.4 Å². The number of likely N-dealkylation sites (tertiary alicyclic amines) is 1. The Morgan fingerprint density at radius 2 is 2.19 bits per heavy atom. The smallest absolute Gasteiger partial charge is 0.249 e. The van der Waals surface area contributed by atoms with Crippen LogP contribution in [-0.2, 0) is 11.3 Å². The summed E-state index contributed by atoms with van der Waals surface area (Å²) in [6, 6.07) is 5.17. The van der Waals surface area contributed by atoms with Crippen LogP contribution in [0.4, 0.5) is 0 Å². The number of aromatic nitrogens is 2. The van der Waals surface area contributed by atoms with Crippen molar-refractivity contribution < 1.29 is 9.21 Å². The van der Waals surface area contributed by atoms with E-state index in [4.69, 9.17) is 27.6 Å². The first-order valence-corrected chi connectivity index (χ1v) is 9.96. The summed E-state index contributed by atoms with van der Waals surface area (Å²) in [5, 5.41) is 12.3. The van der Waals surface area contributed by atoms with Crippen molar-refractivity contribution in [2.75, 3.05) is 19.6 Å². The zero-order valence-corrected chi connectivity index (χ0v) is 17.1. The van der Waals surface area contributed by atoms with Crippen LogP contribution < -0.4 is 5.32 Å². The van der Waals surface area contributed by atoms with E-state index in [-0.39, 0.29) is 11.8 Å². The Morgan fingerprint density at radius 1 is 1.37 bits per heavy atom. The highest BCUT2D eigenvalue weighted by molar-refractivity contribution is 6.36. The van der Waals surface area contributed by atoms with E-state index in [1.807, 2.05) is 13.8 Å². The Morgan fingerprint density at radius 3 is 2.93 bits per heavy atom. The second-order valence-corrected chi connectivity index (χ2v) is 8.11. The molecule has 1 aromatic heterocycles. The number of nitrogens with zero attached hydrogens (tertiary/aromatic N) is 3. The molecule has 2 heterocycles. The molecule has 0 unspecified atom stereocenters. The average molecular weight is 411 g/mol. The highest BCUT2D eigenvalue weighted by Gasteiger charge is 2.23. The van der Waals surface area contributed by atoms with Gasteiger partial charge in [0.15, 0.2) is 0 Å². The number of hydrogen-bond acceptors (Lipinski definition) is 5. The summed E-state index contributed by atoms with van der Waals surface area (Å²) in [6.45, 7) is 6.99. The Kier molecular flexibility index (Phi) is 6.73. The lowest BCUT2D eigenvalue weighted by molar-refractivity contribution is -0.124. The van der Waals surface area contributed by atoms with Gasteiger partial charge in [0.1, 0.15) is 0 Å². The lowest BCUT2D eigenvalue weighted by Crippen LogP contribution is -2.41. The second-order valence-electron chi connectivity index (χ2n) is 7.27. The monoisotopic (exact) mass is 410 g/mol. The molecule has 0 bridgehead atoms. The third kappa shape index (κ3) is 5.43. The minimum absolute atomic E-state index is 0.0150. The maximum atomic E-state index is 11.8. The minimum Gasteiger partial charge on any atom is -0.419 e. The van der Waals surface area contributed by atoms with Gasteiger partial charge < -0.3 is 9.73 Å². The maximum Gasteiger partial charge on any atom is 0.249 e. The molecule has 27 heavy (non-hydrogen) atoms. The van der Waals surface area contributed by atoms with Crippen LogP contribution in [0, 0.1) is 11.8 Å². The fraction of sp³-hybridized carbons (Fsp3) is 0.526. The van der Waals surface area contributed by atoms with Gasteiger partial charge in [-0.3, -0.25) is 9.69 Å². The van der Waals surface area contributed by atoms with Crippen molar-refractivity contribution in [3.05, 3.63) is 34.1 Å². The molecule has 146 valence electrons. The summed E-state index contributed by atoms with van der Waals surface area (Å²) in [4.78, 5) is 14.1. The number of hydrogen-bond donors (Lipinski definition) is 1. The standard InChI is InChI=1S/C19H24Cl2N4O2/c1-12(2)18(26)22-9-13-4-3-7-25(10-13)11-17-23-24-19(27-17)15-6-5-14(20)8-16(15)21/h5-6,8,12-13H,3-4,7,9-11H2,1-2H3,(H,22,26)/t13-/m1/s1. The molecule has 0 radical (unpaired) electrons. The predicted molar refractivity (Wildman–Crippen MR) is 106 cm³/mol. The number of rotatable bonds is 6. The lowest BCUT2D eigenvalue weighted by Gasteiger charge is -2.31. The van der Waals surface area contributed by atoms with E-state index in [9.17, 15) is 4.79 Å². The van der Waals surface area contributed by atoms with Gasteiger partial charge in [-0.1, -0.05) is 37.0 Å². The van der Waals surface area contributed by atoms with Gasteiger partial charge in [-0.05, 0) is 43.5 Å². The van der Waals surface area contributed by atoms with Crippen molar-refractivity contribution in [2.24, 2.45) is 11.8 Å². The van der Waals surface area contributed by atoms with Crippen LogP contribution in [0.2, 0.25) is 10.0 Å². The zero-order valence-electron chi connectivity index (χ0n) is 15.5. The summed E-state index contributed by atoms with van der Waals surface area (Å²) in [5.41, 5.74) is 0.674. The van der Waals surface area contributed by atoms with Crippen molar-refractivity contribution >= 4 is 29.1 Å². The number of nitrogens with one attached hydrogen (secondary N) is 1. The Bertz CT molecular complexity index is 794. The number of amides is 1. The van der Waals surface area contributed by atoms with E-state index in [1.165, 1.54) is 0 Å². The number of piperidine rings is 1. The number of benzene rings is 1. The first kappa shape index (κ1) is 20.1. The normalized spacial score (nSPS) is 18.0. The molecular formula is C19H24Cl2N4O2. The van der Waals surface area contributed by atoms with Crippen molar-refractivity contribution in [3.63, 3.8) is 0 Å². The van der Waals surface area contributed by atoms with Gasteiger partial charge in [0.05, 0.1) is 17.1 Å². The second kappa shape index (κ2) is 9.04. The number of carbonyl (C=O) groups is 1. The van der Waals surface area contributed by atoms with E-state index in [0.717, 1.165) is 25.9 Å². The number of halogens is 2. The largest absolute Gasteiger partial charge is 0.419 e. The fourth-order valence-electron chi connectivity index (χ4n) is 3.19. The third-order valence-corrected chi connectivity index (χ3v) is 5.23. The molecule has 3 rings (SSSR count). The van der Waals surface area contributed by atoms with E-state index < -0.39 is 0 Å². The van der Waals surface area contributed by atoms with E-state index in [0.29, 0.717) is 46.4 Å². The summed E-state index contributed by atoms with van der Waals surface area (Å²) in [7, 11) is 0. The Balaban J connectivity index is 1.57. The van der Waals surface area contributed by atoms with Crippen LogP contribution in [0.1, 0.15) is 32.6 Å². The van der Waals surface area contributed by atoms with Crippen LogP contribution in [0.5, 0.6) is 0 Å². The van der Waals surface area contributed by atoms with Crippen LogP contribution >= 0.6 is 23.2 Å². The molecule has 1 N–H and O–H groups in total. The van der Waals surface area contributed by atoms with Gasteiger partial charge >= 0.3 is 0 Å². The molecule has 1 aliphatic heterocycles. The minimum atomic E-state index is 0.0150. The molecule has 0 aliphatic carbocycles. The molecule has 0 spiro atoms. The van der Waals surface area contributed by atoms with E-state index in [2.05, 4.69) is 20.4 Å². The topological polar surface area (TPSA) is 71.3 Å². The number of carbonyl (C=O) groups excluding carboxylic acids is 1. The quantitative estimate of drug-likeness (QED) is 0.777. The molecule has 1 atom stereocenters. The van der Waals surface area contributed by atoms with E-state index >= 15 is 0 Å². The summed E-state index contributed by atoms with van der Waals surface area (Å²) < 4.78 is 5.80. The highest BCUT2D eigenvalue weighted by Crippen LogP contribution is 2.29. The fourth-order valence-corrected chi connectivity index (χ4v) is 3.68. The molecular weight excluding hydrogens is 387 g/mol. The van der Waals surface area contributed by atoms with Gasteiger partial charge in [-0.25, -0.2) is 0 Å². The summed E-state index contributed by atoms with van der Waals surface area (Å²) in [6.07, 6.45) is 2.20. The van der Waals surface area contributed by atoms with Crippen LogP contribution in [0.15, 0.2) is 22.6 Å². The van der Waals surface area contributed by atoms with Crippen LogP contribution in [0.25, 0.3) is 11.5 Å². The molecule has 1 aliphatic rings. The van der Waals surface area contributed by atoms with Gasteiger partial charge in [0.25, 0.3) is 0 Å². The highest BCUT2D eigenvalue weighted by atomic mass is 35.5. The van der Waals surface area contributed by atoms with Gasteiger partial charge in [-0.2, -0.15) is 0 Å². The first-order chi connectivity index (χ1) is 12.9. The molecule has 1 aromatic carbocycles. The average Bonchev–Trinajstić information content (AvgIpc) is 3.08. The molecule has 6 nitrogen and oxygen atoms in total. The molecule has 0 saturated carbocycles. The summed E-state index contributed by atoms with van der Waals surface area (Å²) >= 11 is 12.1. The zero-order chi connectivity index (χ0) is 19.4. The van der Waals surface area contributed by atoms with Gasteiger partial charge in [0.2, 0.25) is 17.7 Å². The third-order valence-electron chi connectivity index (χ3n) is 4.68. The first-order valence-electron chi connectivity index (χ1n) is 9.20. The van der Waals surface area contributed by atoms with Crippen molar-refractivity contribution in [1.29, 1.82) is 0 Å². The molecule has 8 heteroatoms. The Labute approximate surface area is 169 Å². The lowest BCUT2D eigenvalue weighted by atomic mass is 9.98. The SMILES string of the molecule is CC(C)C(=O)NC[C@H]1CCCN(Cc2nnc(-c3ccc(Cl)cc3Cl)o2)C1. The van der Waals surface area contributed by atoms with Crippen LogP contribution in [-0.4, -0.2) is 40.6 Å². The summed E-state index contributed by atoms with van der Waals surface area (Å²) in [5.74, 6) is 1.51. The van der Waals surface area contributed by atoms with Crippen molar-refractivity contribution in [2.45, 2.75) is 33.2 Å². The Hall–Kier alpha value is -1.63. The van der Waals surface area contributed by atoms with Gasteiger partial charge in [-0.15, -0.1) is 10.2 Å². The van der Waals surface area contributed by atoms with Gasteiger partial charge in [0, 0.05) is 24.0 Å². The van der Waals surface area contributed by atoms with E-state index in [1.54, 1.807) is 18.2 Å².